The van der Waals surface area contributed by atoms with Gasteiger partial charge >= 0.3 is 0 Å². The summed E-state index contributed by atoms with van der Waals surface area (Å²) in [7, 11) is 0. The average molecular weight is 251 g/mol. The fraction of sp³-hybridized carbons (Fsp3) is 0.600. The predicted octanol–water partition coefficient (Wildman–Crippen LogP) is 3.42. The molecule has 1 aromatic carbocycles. The molecule has 1 aliphatic rings. The molecule has 18 heavy (non-hydrogen) atoms. The van der Waals surface area contributed by atoms with Crippen LogP contribution in [0.3, 0.4) is 0 Å². The molecule has 1 saturated carbocycles. The first-order valence-electron chi connectivity index (χ1n) is 6.78. The molecule has 3 atom stereocenters. The molecule has 0 aliphatic heterocycles. The molecule has 0 heterocycles. The van der Waals surface area contributed by atoms with E-state index in [-0.39, 0.29) is 11.9 Å². The molecular formula is C15H22FNO. The number of halogens is 1. The van der Waals surface area contributed by atoms with Gasteiger partial charge in [0.15, 0.2) is 0 Å². The Bertz CT molecular complexity index is 383. The third-order valence-corrected chi connectivity index (χ3v) is 3.70. The van der Waals surface area contributed by atoms with Crippen molar-refractivity contribution in [3.05, 3.63) is 35.6 Å². The molecule has 0 radical (unpaired) electrons. The van der Waals surface area contributed by atoms with Crippen molar-refractivity contribution in [2.75, 3.05) is 6.61 Å². The number of hydrogen-bond donors (Lipinski definition) is 1. The molecule has 2 rings (SSSR count). The number of ether oxygens (including phenoxy) is 1. The van der Waals surface area contributed by atoms with Gasteiger partial charge in [-0.15, -0.1) is 0 Å². The van der Waals surface area contributed by atoms with Crippen LogP contribution in [0.4, 0.5) is 4.39 Å². The van der Waals surface area contributed by atoms with E-state index in [4.69, 9.17) is 10.5 Å². The highest BCUT2D eigenvalue weighted by atomic mass is 19.1. The van der Waals surface area contributed by atoms with E-state index >= 15 is 0 Å². The molecule has 2 nitrogen and oxygen atoms in total. The van der Waals surface area contributed by atoms with E-state index in [0.717, 1.165) is 18.8 Å². The van der Waals surface area contributed by atoms with E-state index in [0.29, 0.717) is 18.3 Å². The Labute approximate surface area is 108 Å². The Kier molecular flexibility index (Phi) is 4.72. The van der Waals surface area contributed by atoms with E-state index in [2.05, 4.69) is 6.92 Å². The number of nitrogens with two attached hydrogens (primary N) is 1. The van der Waals surface area contributed by atoms with Gasteiger partial charge in [-0.2, -0.15) is 0 Å². The van der Waals surface area contributed by atoms with Crippen molar-refractivity contribution in [3.63, 3.8) is 0 Å². The lowest BCUT2D eigenvalue weighted by Gasteiger charge is -2.28. The molecule has 0 amide bonds. The zero-order valence-electron chi connectivity index (χ0n) is 10.9. The van der Waals surface area contributed by atoms with E-state index < -0.39 is 0 Å². The fourth-order valence-corrected chi connectivity index (χ4v) is 2.64. The van der Waals surface area contributed by atoms with Gasteiger partial charge in [0.2, 0.25) is 0 Å². The van der Waals surface area contributed by atoms with Gasteiger partial charge in [0.05, 0.1) is 18.8 Å². The van der Waals surface area contributed by atoms with Crippen molar-refractivity contribution >= 4 is 0 Å². The Morgan fingerprint density at radius 3 is 2.89 bits per heavy atom. The van der Waals surface area contributed by atoms with Crippen LogP contribution in [-0.4, -0.2) is 12.7 Å². The van der Waals surface area contributed by atoms with Crippen molar-refractivity contribution in [3.8, 4) is 0 Å². The summed E-state index contributed by atoms with van der Waals surface area (Å²) in [5.41, 5.74) is 6.53. The van der Waals surface area contributed by atoms with Crippen LogP contribution in [0, 0.1) is 11.7 Å². The molecule has 2 N–H and O–H groups in total. The summed E-state index contributed by atoms with van der Waals surface area (Å²) < 4.78 is 19.4. The first-order chi connectivity index (χ1) is 8.66. The van der Waals surface area contributed by atoms with Gasteiger partial charge in [-0.25, -0.2) is 4.39 Å². The third-order valence-electron chi connectivity index (χ3n) is 3.70. The summed E-state index contributed by atoms with van der Waals surface area (Å²) >= 11 is 0. The van der Waals surface area contributed by atoms with E-state index in [1.807, 2.05) is 0 Å². The molecule has 0 bridgehead atoms. The minimum atomic E-state index is -0.372. The van der Waals surface area contributed by atoms with Gasteiger partial charge < -0.3 is 10.5 Å². The SMILES string of the molecule is CC1CCCC(OCC(N)c2ccccc2F)C1. The normalized spacial score (nSPS) is 25.9. The third kappa shape index (κ3) is 3.53. The van der Waals surface area contributed by atoms with Crippen LogP contribution in [0.2, 0.25) is 0 Å². The molecule has 3 unspecified atom stereocenters. The summed E-state index contributed by atoms with van der Waals surface area (Å²) in [4.78, 5) is 0. The highest BCUT2D eigenvalue weighted by Crippen LogP contribution is 2.26. The second-order valence-electron chi connectivity index (χ2n) is 5.36. The minimum Gasteiger partial charge on any atom is -0.376 e. The highest BCUT2D eigenvalue weighted by molar-refractivity contribution is 5.20. The van der Waals surface area contributed by atoms with E-state index in [1.54, 1.807) is 18.2 Å². The lowest BCUT2D eigenvalue weighted by Crippen LogP contribution is -2.26. The van der Waals surface area contributed by atoms with Crippen molar-refractivity contribution < 1.29 is 9.13 Å². The number of hydrogen-bond acceptors (Lipinski definition) is 2. The lowest BCUT2D eigenvalue weighted by atomic mass is 9.89. The zero-order chi connectivity index (χ0) is 13.0. The molecule has 1 fully saturated rings. The van der Waals surface area contributed by atoms with Gasteiger partial charge in [-0.3, -0.25) is 0 Å². The van der Waals surface area contributed by atoms with Crippen LogP contribution in [0.25, 0.3) is 0 Å². The van der Waals surface area contributed by atoms with E-state index in [9.17, 15) is 4.39 Å². The maximum Gasteiger partial charge on any atom is 0.128 e. The summed E-state index contributed by atoms with van der Waals surface area (Å²) in [6.07, 6.45) is 5.02. The second kappa shape index (κ2) is 6.30. The Balaban J connectivity index is 1.84. The van der Waals surface area contributed by atoms with Gasteiger partial charge in [-0.1, -0.05) is 38.0 Å². The average Bonchev–Trinajstić information content (AvgIpc) is 2.37. The standard InChI is InChI=1S/C15H22FNO/c1-11-5-4-6-12(9-11)18-10-15(17)13-7-2-3-8-14(13)16/h2-3,7-8,11-12,15H,4-6,9-10,17H2,1H3. The summed E-state index contributed by atoms with van der Waals surface area (Å²) in [6, 6.07) is 6.28. The number of benzene rings is 1. The van der Waals surface area contributed by atoms with Crippen LogP contribution in [0.5, 0.6) is 0 Å². The first-order valence-corrected chi connectivity index (χ1v) is 6.78. The Morgan fingerprint density at radius 1 is 1.39 bits per heavy atom. The molecule has 1 aromatic rings. The molecule has 1 aliphatic carbocycles. The Hall–Kier alpha value is -0.930. The van der Waals surface area contributed by atoms with Crippen LogP contribution < -0.4 is 5.73 Å². The summed E-state index contributed by atoms with van der Waals surface area (Å²) in [5, 5.41) is 0. The minimum absolute atomic E-state index is 0.245. The zero-order valence-corrected chi connectivity index (χ0v) is 10.9. The fourth-order valence-electron chi connectivity index (χ4n) is 2.64. The van der Waals surface area contributed by atoms with Crippen molar-refractivity contribution in [1.29, 1.82) is 0 Å². The first kappa shape index (κ1) is 13.5. The predicted molar refractivity (Wildman–Crippen MR) is 70.7 cm³/mol. The number of rotatable bonds is 4. The van der Waals surface area contributed by atoms with Crippen LogP contribution in [0.15, 0.2) is 24.3 Å². The summed E-state index contributed by atoms with van der Waals surface area (Å²) in [6.45, 7) is 2.66. The molecule has 100 valence electrons. The van der Waals surface area contributed by atoms with Crippen LogP contribution >= 0.6 is 0 Å². The second-order valence-corrected chi connectivity index (χ2v) is 5.36. The van der Waals surface area contributed by atoms with Crippen LogP contribution in [-0.2, 0) is 4.74 Å². The maximum atomic E-state index is 13.5. The molecular weight excluding hydrogens is 229 g/mol. The van der Waals surface area contributed by atoms with Gasteiger partial charge in [0.1, 0.15) is 5.82 Å². The quantitative estimate of drug-likeness (QED) is 0.890. The van der Waals surface area contributed by atoms with Crippen molar-refractivity contribution in [2.24, 2.45) is 11.7 Å². The smallest absolute Gasteiger partial charge is 0.128 e. The molecule has 0 saturated heterocycles. The maximum absolute atomic E-state index is 13.5. The van der Waals surface area contributed by atoms with E-state index in [1.165, 1.54) is 18.9 Å². The molecule has 0 spiro atoms. The van der Waals surface area contributed by atoms with Gasteiger partial charge in [0, 0.05) is 5.56 Å². The van der Waals surface area contributed by atoms with Crippen molar-refractivity contribution in [2.45, 2.75) is 44.8 Å². The molecule has 0 aromatic heterocycles. The lowest BCUT2D eigenvalue weighted by molar-refractivity contribution is 0.00816. The Morgan fingerprint density at radius 2 is 2.17 bits per heavy atom. The van der Waals surface area contributed by atoms with Crippen LogP contribution in [0.1, 0.15) is 44.2 Å². The topological polar surface area (TPSA) is 35.2 Å². The summed E-state index contributed by atoms with van der Waals surface area (Å²) in [5.74, 6) is 0.485. The van der Waals surface area contributed by atoms with Gasteiger partial charge in [0.25, 0.3) is 0 Å². The monoisotopic (exact) mass is 251 g/mol. The largest absolute Gasteiger partial charge is 0.376 e. The van der Waals surface area contributed by atoms with Crippen molar-refractivity contribution in [1.82, 2.24) is 0 Å². The molecule has 3 heteroatoms. The highest BCUT2D eigenvalue weighted by Gasteiger charge is 2.20. The van der Waals surface area contributed by atoms with Gasteiger partial charge in [-0.05, 0) is 24.8 Å².